The molecule has 5 rings (SSSR count). The van der Waals surface area contributed by atoms with E-state index < -0.39 is 9.84 Å². The molecule has 174 valence electrons. The SMILES string of the molecule is Cn1cnc(-c2ccc(Nc3cc(NC(=O)C4CC4)nc4c3OC(=C=O)N4)c(S(C)(=O)=O)c2)n1. The summed E-state index contributed by atoms with van der Waals surface area (Å²) >= 11 is 0. The Kier molecular flexibility index (Phi) is 5.07. The van der Waals surface area contributed by atoms with E-state index in [2.05, 4.69) is 31.0 Å². The predicted octanol–water partition coefficient (Wildman–Crippen LogP) is 1.85. The van der Waals surface area contributed by atoms with Crippen molar-refractivity contribution < 1.29 is 22.7 Å². The van der Waals surface area contributed by atoms with Gasteiger partial charge in [-0.25, -0.2) is 23.2 Å². The summed E-state index contributed by atoms with van der Waals surface area (Å²) in [6.45, 7) is 0. The number of rotatable bonds is 6. The lowest BCUT2D eigenvalue weighted by Gasteiger charge is -2.15. The molecule has 3 aromatic rings. The second kappa shape index (κ2) is 7.97. The zero-order chi connectivity index (χ0) is 24.0. The largest absolute Gasteiger partial charge is 0.425 e. The van der Waals surface area contributed by atoms with Crippen LogP contribution in [0, 0.1) is 5.92 Å². The number of carbonyl (C=O) groups excluding carboxylic acids is 2. The van der Waals surface area contributed by atoms with Crippen LogP contribution in [0.15, 0.2) is 41.4 Å². The fourth-order valence-electron chi connectivity index (χ4n) is 3.42. The minimum absolute atomic E-state index is 0.00342. The van der Waals surface area contributed by atoms with Gasteiger partial charge in [-0.15, -0.1) is 0 Å². The molecule has 0 radical (unpaired) electrons. The molecule has 0 spiro atoms. The fraction of sp³-hybridized carbons (Fsp3) is 0.238. The molecule has 0 saturated heterocycles. The number of hydrogen-bond donors (Lipinski definition) is 3. The summed E-state index contributed by atoms with van der Waals surface area (Å²) in [6.07, 6.45) is 4.24. The Bertz CT molecular complexity index is 1490. The van der Waals surface area contributed by atoms with Crippen molar-refractivity contribution in [2.24, 2.45) is 13.0 Å². The van der Waals surface area contributed by atoms with Crippen LogP contribution < -0.4 is 20.7 Å². The van der Waals surface area contributed by atoms with Crippen LogP contribution in [0.5, 0.6) is 5.75 Å². The van der Waals surface area contributed by atoms with Gasteiger partial charge in [0.2, 0.25) is 5.91 Å². The summed E-state index contributed by atoms with van der Waals surface area (Å²) in [7, 11) is -1.96. The minimum Gasteiger partial charge on any atom is -0.425 e. The topological polar surface area (TPSA) is 157 Å². The molecule has 1 saturated carbocycles. The monoisotopic (exact) mass is 481 g/mol. The first-order chi connectivity index (χ1) is 16.2. The Balaban J connectivity index is 1.56. The summed E-state index contributed by atoms with van der Waals surface area (Å²) in [5, 5.41) is 12.7. The zero-order valence-corrected chi connectivity index (χ0v) is 18.9. The molecule has 3 heterocycles. The lowest BCUT2D eigenvalue weighted by atomic mass is 10.2. The van der Waals surface area contributed by atoms with Crippen LogP contribution >= 0.6 is 0 Å². The van der Waals surface area contributed by atoms with Crippen molar-refractivity contribution >= 4 is 44.7 Å². The van der Waals surface area contributed by atoms with E-state index in [1.807, 2.05) is 0 Å². The molecule has 1 aliphatic heterocycles. The summed E-state index contributed by atoms with van der Waals surface area (Å²) in [6, 6.07) is 6.24. The average Bonchev–Trinajstić information content (AvgIpc) is 3.42. The van der Waals surface area contributed by atoms with Crippen molar-refractivity contribution in [3.8, 4) is 17.1 Å². The van der Waals surface area contributed by atoms with Crippen LogP contribution in [0.3, 0.4) is 0 Å². The van der Waals surface area contributed by atoms with Crippen molar-refractivity contribution in [2.75, 3.05) is 22.2 Å². The van der Waals surface area contributed by atoms with E-state index in [-0.39, 0.29) is 45.7 Å². The number of nitrogens with one attached hydrogen (secondary N) is 3. The molecule has 13 heteroatoms. The van der Waals surface area contributed by atoms with E-state index in [1.165, 1.54) is 23.1 Å². The Hall–Kier alpha value is -4.22. The van der Waals surface area contributed by atoms with Crippen LogP contribution in [0.1, 0.15) is 12.8 Å². The van der Waals surface area contributed by atoms with Crippen molar-refractivity contribution in [1.82, 2.24) is 19.7 Å². The molecule has 0 atom stereocenters. The molecular formula is C21H19N7O5S. The van der Waals surface area contributed by atoms with Gasteiger partial charge in [0.25, 0.3) is 5.88 Å². The normalized spacial score (nSPS) is 14.6. The number of nitrogens with zero attached hydrogens (tertiary/aromatic N) is 4. The van der Waals surface area contributed by atoms with Crippen molar-refractivity contribution in [2.45, 2.75) is 17.7 Å². The number of hydrogen-bond acceptors (Lipinski definition) is 10. The van der Waals surface area contributed by atoms with E-state index in [0.717, 1.165) is 19.1 Å². The van der Waals surface area contributed by atoms with Gasteiger partial charge in [-0.05, 0) is 31.0 Å². The number of aromatic nitrogens is 4. The molecular weight excluding hydrogens is 462 g/mol. The maximum Gasteiger partial charge on any atom is 0.286 e. The number of pyridine rings is 1. The number of ether oxygens (including phenoxy) is 1. The van der Waals surface area contributed by atoms with Gasteiger partial charge in [-0.1, -0.05) is 0 Å². The smallest absolute Gasteiger partial charge is 0.286 e. The van der Waals surface area contributed by atoms with Gasteiger partial charge in [0, 0.05) is 30.9 Å². The molecule has 12 nitrogen and oxygen atoms in total. The van der Waals surface area contributed by atoms with Gasteiger partial charge in [-0.3, -0.25) is 14.8 Å². The van der Waals surface area contributed by atoms with Gasteiger partial charge < -0.3 is 15.4 Å². The summed E-state index contributed by atoms with van der Waals surface area (Å²) in [4.78, 5) is 31.8. The molecule has 1 fully saturated rings. The molecule has 1 amide bonds. The van der Waals surface area contributed by atoms with E-state index in [1.54, 1.807) is 25.1 Å². The molecule has 0 bridgehead atoms. The number of anilines is 4. The first kappa shape index (κ1) is 21.6. The average molecular weight is 481 g/mol. The predicted molar refractivity (Wildman–Crippen MR) is 122 cm³/mol. The Labute approximate surface area is 194 Å². The van der Waals surface area contributed by atoms with Crippen LogP contribution in [0.4, 0.5) is 23.0 Å². The van der Waals surface area contributed by atoms with Gasteiger partial charge >= 0.3 is 0 Å². The first-order valence-corrected chi connectivity index (χ1v) is 12.1. The Morgan fingerprint density at radius 1 is 1.26 bits per heavy atom. The van der Waals surface area contributed by atoms with Crippen molar-refractivity contribution in [3.63, 3.8) is 0 Å². The van der Waals surface area contributed by atoms with Crippen molar-refractivity contribution in [3.05, 3.63) is 36.5 Å². The van der Waals surface area contributed by atoms with Crippen LogP contribution in [-0.4, -0.2) is 46.3 Å². The maximum atomic E-state index is 12.6. The highest BCUT2D eigenvalue weighted by Crippen LogP contribution is 2.42. The van der Waals surface area contributed by atoms with Crippen LogP contribution in [0.2, 0.25) is 0 Å². The highest BCUT2D eigenvalue weighted by molar-refractivity contribution is 7.90. The number of fused-ring (bicyclic) bond motifs is 1. The Morgan fingerprint density at radius 3 is 2.71 bits per heavy atom. The molecule has 2 aliphatic rings. The lowest BCUT2D eigenvalue weighted by molar-refractivity contribution is -0.117. The van der Waals surface area contributed by atoms with Crippen LogP contribution in [0.25, 0.3) is 11.4 Å². The highest BCUT2D eigenvalue weighted by Gasteiger charge is 2.31. The summed E-state index contributed by atoms with van der Waals surface area (Å²) in [5.74, 6) is 2.16. The quantitative estimate of drug-likeness (QED) is 0.444. The van der Waals surface area contributed by atoms with E-state index in [9.17, 15) is 18.0 Å². The highest BCUT2D eigenvalue weighted by atomic mass is 32.2. The summed E-state index contributed by atoms with van der Waals surface area (Å²) in [5.41, 5.74) is 1.07. The maximum absolute atomic E-state index is 12.6. The third-order valence-corrected chi connectivity index (χ3v) is 6.35. The molecule has 1 aliphatic carbocycles. The first-order valence-electron chi connectivity index (χ1n) is 10.2. The number of aryl methyl sites for hydroxylation is 1. The third kappa shape index (κ3) is 4.21. The fourth-order valence-corrected chi connectivity index (χ4v) is 4.28. The minimum atomic E-state index is -3.67. The third-order valence-electron chi connectivity index (χ3n) is 5.21. The van der Waals surface area contributed by atoms with E-state index in [4.69, 9.17) is 4.74 Å². The van der Waals surface area contributed by atoms with Crippen LogP contribution in [-0.2, 0) is 26.5 Å². The Morgan fingerprint density at radius 2 is 2.06 bits per heavy atom. The van der Waals surface area contributed by atoms with Gasteiger partial charge in [0.15, 0.2) is 33.2 Å². The molecule has 2 aromatic heterocycles. The zero-order valence-electron chi connectivity index (χ0n) is 18.1. The second-order valence-corrected chi connectivity index (χ2v) is 9.99. The van der Waals surface area contributed by atoms with E-state index in [0.29, 0.717) is 17.1 Å². The molecule has 3 N–H and O–H groups in total. The van der Waals surface area contributed by atoms with Crippen molar-refractivity contribution in [1.29, 1.82) is 0 Å². The lowest BCUT2D eigenvalue weighted by Crippen LogP contribution is -2.14. The van der Waals surface area contributed by atoms with Gasteiger partial charge in [0.05, 0.1) is 16.3 Å². The van der Waals surface area contributed by atoms with Gasteiger partial charge in [-0.2, -0.15) is 5.10 Å². The molecule has 0 unspecified atom stereocenters. The second-order valence-electron chi connectivity index (χ2n) is 8.00. The summed E-state index contributed by atoms with van der Waals surface area (Å²) < 4.78 is 32.2. The number of sulfone groups is 1. The number of benzene rings is 1. The number of carbonyl (C=O) groups is 1. The van der Waals surface area contributed by atoms with Gasteiger partial charge in [0.1, 0.15) is 12.1 Å². The van der Waals surface area contributed by atoms with E-state index >= 15 is 0 Å². The molecule has 1 aromatic carbocycles. The molecule has 34 heavy (non-hydrogen) atoms. The standard InChI is InChI=1S/C21H19N7O5S/c1-28-10-22-19(27-28)12-5-6-13(15(7-12)34(2,31)32)23-14-8-16(25-21(30)11-3-4-11)24-20-18(14)33-17(9-29)26-20/h5-8,10-11H,3-4H2,1-2H3,(H3,23,24,25,26,30). The number of amides is 1.